The third kappa shape index (κ3) is 3.49. The highest BCUT2D eigenvalue weighted by Gasteiger charge is 2.19. The second-order valence-electron chi connectivity index (χ2n) is 5.78. The normalized spacial score (nSPS) is 23.3. The monoisotopic (exact) mass is 264 g/mol. The number of nitrogen functional groups attached to an aromatic ring is 1. The zero-order valence-electron chi connectivity index (χ0n) is 11.8. The third-order valence-electron chi connectivity index (χ3n) is 4.18. The Labute approximate surface area is 114 Å². The van der Waals surface area contributed by atoms with Crippen molar-refractivity contribution in [1.82, 2.24) is 15.5 Å². The van der Waals surface area contributed by atoms with Gasteiger partial charge in [0.05, 0.1) is 11.4 Å². The number of nitrogens with one attached hydrogen (secondary N) is 2. The third-order valence-corrected chi connectivity index (χ3v) is 4.18. The van der Waals surface area contributed by atoms with Crippen molar-refractivity contribution in [2.75, 3.05) is 12.3 Å². The van der Waals surface area contributed by atoms with E-state index in [1.54, 1.807) is 0 Å². The number of anilines is 1. The summed E-state index contributed by atoms with van der Waals surface area (Å²) in [5.74, 6) is 1.46. The second kappa shape index (κ2) is 6.08. The van der Waals surface area contributed by atoms with Gasteiger partial charge in [-0.15, -0.1) is 0 Å². The lowest BCUT2D eigenvalue weighted by molar-refractivity contribution is 0.0945. The van der Waals surface area contributed by atoms with Crippen LogP contribution in [0.4, 0.5) is 5.69 Å². The summed E-state index contributed by atoms with van der Waals surface area (Å²) in [7, 11) is 0. The highest BCUT2D eigenvalue weighted by atomic mass is 16.1. The molecule has 0 aromatic carbocycles. The zero-order chi connectivity index (χ0) is 13.8. The van der Waals surface area contributed by atoms with Crippen LogP contribution in [-0.4, -0.2) is 22.6 Å². The molecule has 0 aliphatic heterocycles. The van der Waals surface area contributed by atoms with Gasteiger partial charge in [-0.05, 0) is 25.2 Å². The maximum Gasteiger partial charge on any atom is 0.273 e. The fourth-order valence-corrected chi connectivity index (χ4v) is 2.70. The minimum absolute atomic E-state index is 0.175. The lowest BCUT2D eigenvalue weighted by atomic mass is 9.81. The summed E-state index contributed by atoms with van der Waals surface area (Å²) < 4.78 is 0. The van der Waals surface area contributed by atoms with Gasteiger partial charge in [-0.25, -0.2) is 0 Å². The summed E-state index contributed by atoms with van der Waals surface area (Å²) >= 11 is 0. The Balaban J connectivity index is 1.74. The molecule has 106 valence electrons. The number of hydrogen-bond donors (Lipinski definition) is 3. The van der Waals surface area contributed by atoms with Gasteiger partial charge in [0.15, 0.2) is 5.69 Å². The van der Waals surface area contributed by atoms with Crippen LogP contribution in [0.25, 0.3) is 0 Å². The average molecular weight is 264 g/mol. The van der Waals surface area contributed by atoms with Crippen LogP contribution in [-0.2, 0) is 0 Å². The van der Waals surface area contributed by atoms with E-state index in [0.717, 1.165) is 24.0 Å². The van der Waals surface area contributed by atoms with Crippen LogP contribution in [0, 0.1) is 18.8 Å². The predicted octanol–water partition coefficient (Wildman–Crippen LogP) is 2.25. The van der Waals surface area contributed by atoms with Gasteiger partial charge in [-0.1, -0.05) is 32.6 Å². The van der Waals surface area contributed by atoms with Gasteiger partial charge in [0.25, 0.3) is 5.91 Å². The lowest BCUT2D eigenvalue weighted by Gasteiger charge is -2.26. The van der Waals surface area contributed by atoms with Gasteiger partial charge in [-0.3, -0.25) is 9.89 Å². The van der Waals surface area contributed by atoms with E-state index in [9.17, 15) is 4.79 Å². The van der Waals surface area contributed by atoms with Gasteiger partial charge < -0.3 is 11.1 Å². The van der Waals surface area contributed by atoms with Gasteiger partial charge >= 0.3 is 0 Å². The molecule has 0 bridgehead atoms. The SMILES string of the molecule is Cc1[nH]nc(C(=O)NCCC2CCC(C)CC2)c1N. The number of carbonyl (C=O) groups is 1. The summed E-state index contributed by atoms with van der Waals surface area (Å²) in [6, 6.07) is 0. The Morgan fingerprint density at radius 2 is 2.11 bits per heavy atom. The van der Waals surface area contributed by atoms with E-state index < -0.39 is 0 Å². The molecule has 4 N–H and O–H groups in total. The minimum Gasteiger partial charge on any atom is -0.395 e. The number of carbonyl (C=O) groups excluding carboxylic acids is 1. The number of aryl methyl sites for hydroxylation is 1. The number of aromatic nitrogens is 2. The summed E-state index contributed by atoms with van der Waals surface area (Å²) in [6.07, 6.45) is 6.29. The predicted molar refractivity (Wildman–Crippen MR) is 75.8 cm³/mol. The number of amides is 1. The molecule has 5 nitrogen and oxygen atoms in total. The lowest BCUT2D eigenvalue weighted by Crippen LogP contribution is -2.27. The van der Waals surface area contributed by atoms with Crippen molar-refractivity contribution in [3.8, 4) is 0 Å². The molecule has 1 aliphatic carbocycles. The Hall–Kier alpha value is -1.52. The van der Waals surface area contributed by atoms with Crippen molar-refractivity contribution in [2.24, 2.45) is 11.8 Å². The molecule has 1 aromatic rings. The summed E-state index contributed by atoms with van der Waals surface area (Å²) in [4.78, 5) is 11.9. The van der Waals surface area contributed by atoms with Crippen LogP contribution >= 0.6 is 0 Å². The highest BCUT2D eigenvalue weighted by molar-refractivity contribution is 5.97. The van der Waals surface area contributed by atoms with Crippen molar-refractivity contribution < 1.29 is 4.79 Å². The van der Waals surface area contributed by atoms with Gasteiger partial charge in [0.1, 0.15) is 0 Å². The maximum absolute atomic E-state index is 11.9. The molecule has 1 heterocycles. The first kappa shape index (κ1) is 13.9. The van der Waals surface area contributed by atoms with E-state index in [1.165, 1.54) is 25.7 Å². The van der Waals surface area contributed by atoms with E-state index >= 15 is 0 Å². The molecule has 0 spiro atoms. The molecule has 19 heavy (non-hydrogen) atoms. The highest BCUT2D eigenvalue weighted by Crippen LogP contribution is 2.29. The molecule has 2 rings (SSSR count). The zero-order valence-corrected chi connectivity index (χ0v) is 11.8. The maximum atomic E-state index is 11.9. The first-order valence-electron chi connectivity index (χ1n) is 7.16. The van der Waals surface area contributed by atoms with Crippen LogP contribution in [0.5, 0.6) is 0 Å². The van der Waals surface area contributed by atoms with Crippen molar-refractivity contribution in [1.29, 1.82) is 0 Å². The Morgan fingerprint density at radius 3 is 2.68 bits per heavy atom. The van der Waals surface area contributed by atoms with Crippen LogP contribution in [0.1, 0.15) is 55.2 Å². The largest absolute Gasteiger partial charge is 0.395 e. The van der Waals surface area contributed by atoms with Crippen molar-refractivity contribution in [3.05, 3.63) is 11.4 Å². The summed E-state index contributed by atoms with van der Waals surface area (Å²) in [5, 5.41) is 9.57. The molecule has 0 saturated heterocycles. The number of hydrogen-bond acceptors (Lipinski definition) is 3. The molecule has 0 unspecified atom stereocenters. The van der Waals surface area contributed by atoms with Crippen LogP contribution in [0.3, 0.4) is 0 Å². The standard InChI is InChI=1S/C14H24N4O/c1-9-3-5-11(6-4-9)7-8-16-14(19)13-12(15)10(2)17-18-13/h9,11H,3-8,15H2,1-2H3,(H,16,19)(H,17,18). The molecule has 1 saturated carbocycles. The first-order valence-corrected chi connectivity index (χ1v) is 7.16. The fourth-order valence-electron chi connectivity index (χ4n) is 2.70. The van der Waals surface area contributed by atoms with Crippen molar-refractivity contribution in [2.45, 2.75) is 46.0 Å². The van der Waals surface area contributed by atoms with E-state index in [1.807, 2.05) is 6.92 Å². The second-order valence-corrected chi connectivity index (χ2v) is 5.78. The smallest absolute Gasteiger partial charge is 0.273 e. The quantitative estimate of drug-likeness (QED) is 0.779. The molecule has 0 radical (unpaired) electrons. The summed E-state index contributed by atoms with van der Waals surface area (Å²) in [5.41, 5.74) is 7.28. The molecule has 1 amide bonds. The van der Waals surface area contributed by atoms with Gasteiger partial charge in [-0.2, -0.15) is 5.10 Å². The van der Waals surface area contributed by atoms with Crippen molar-refractivity contribution >= 4 is 11.6 Å². The average Bonchev–Trinajstić information content (AvgIpc) is 2.72. The topological polar surface area (TPSA) is 83.8 Å². The number of rotatable bonds is 4. The number of nitrogens with two attached hydrogens (primary N) is 1. The molecule has 5 heteroatoms. The fraction of sp³-hybridized carbons (Fsp3) is 0.714. The van der Waals surface area contributed by atoms with Gasteiger partial charge in [0.2, 0.25) is 0 Å². The van der Waals surface area contributed by atoms with Crippen LogP contribution < -0.4 is 11.1 Å². The molecular formula is C14H24N4O. The van der Waals surface area contributed by atoms with E-state index in [4.69, 9.17) is 5.73 Å². The van der Waals surface area contributed by atoms with Crippen LogP contribution in [0.2, 0.25) is 0 Å². The summed E-state index contributed by atoms with van der Waals surface area (Å²) in [6.45, 7) is 4.84. The molecule has 1 aliphatic rings. The van der Waals surface area contributed by atoms with Crippen LogP contribution in [0.15, 0.2) is 0 Å². The number of H-pyrrole nitrogens is 1. The minimum atomic E-state index is -0.175. The Kier molecular flexibility index (Phi) is 4.45. The molecule has 0 atom stereocenters. The molecule has 1 aromatic heterocycles. The first-order chi connectivity index (χ1) is 9.08. The number of nitrogens with zero attached hydrogens (tertiary/aromatic N) is 1. The van der Waals surface area contributed by atoms with E-state index in [2.05, 4.69) is 22.4 Å². The molecule has 1 fully saturated rings. The van der Waals surface area contributed by atoms with E-state index in [-0.39, 0.29) is 5.91 Å². The molecular weight excluding hydrogens is 240 g/mol. The van der Waals surface area contributed by atoms with Gasteiger partial charge in [0, 0.05) is 6.54 Å². The van der Waals surface area contributed by atoms with Crippen molar-refractivity contribution in [3.63, 3.8) is 0 Å². The Morgan fingerprint density at radius 1 is 1.42 bits per heavy atom. The number of aromatic amines is 1. The Bertz CT molecular complexity index is 433. The van der Waals surface area contributed by atoms with E-state index in [0.29, 0.717) is 17.9 Å².